The van der Waals surface area contributed by atoms with Gasteiger partial charge in [-0.2, -0.15) is 0 Å². The summed E-state index contributed by atoms with van der Waals surface area (Å²) in [6.07, 6.45) is 2.29. The molecule has 0 atom stereocenters. The predicted octanol–water partition coefficient (Wildman–Crippen LogP) is 5.90. The maximum atomic E-state index is 12.8. The Labute approximate surface area is 126 Å². The summed E-state index contributed by atoms with van der Waals surface area (Å²) in [5, 5.41) is 5.00. The lowest BCUT2D eigenvalue weighted by molar-refractivity contribution is 0.575. The Kier molecular flexibility index (Phi) is 3.87. The van der Waals surface area contributed by atoms with Gasteiger partial charge in [0.1, 0.15) is 0 Å². The molecule has 0 saturated heterocycles. The molecule has 21 heavy (non-hydrogen) atoms. The molecule has 0 amide bonds. The van der Waals surface area contributed by atoms with Crippen LogP contribution in [0.2, 0.25) is 0 Å². The zero-order valence-electron chi connectivity index (χ0n) is 12.7. The van der Waals surface area contributed by atoms with E-state index in [0.29, 0.717) is 0 Å². The van der Waals surface area contributed by atoms with Crippen LogP contribution in [0, 0.1) is 0 Å². The number of benzene rings is 3. The van der Waals surface area contributed by atoms with E-state index in [1.165, 1.54) is 27.1 Å². The second-order valence-corrected chi connectivity index (χ2v) is 9.38. The molecule has 0 saturated carbocycles. The van der Waals surface area contributed by atoms with E-state index in [9.17, 15) is 4.57 Å². The van der Waals surface area contributed by atoms with Crippen molar-refractivity contribution in [2.45, 2.75) is 20.0 Å². The normalized spacial score (nSPS) is 12.1. The van der Waals surface area contributed by atoms with Crippen LogP contribution >= 0.6 is 7.14 Å². The first kappa shape index (κ1) is 14.4. The van der Waals surface area contributed by atoms with E-state index < -0.39 is 7.14 Å². The Balaban J connectivity index is 2.19. The first-order valence-corrected chi connectivity index (χ1v) is 9.89. The summed E-state index contributed by atoms with van der Waals surface area (Å²) in [4.78, 5) is 0. The zero-order chi connectivity index (χ0) is 14.9. The van der Waals surface area contributed by atoms with Gasteiger partial charge in [-0.3, -0.25) is 0 Å². The molecule has 2 heteroatoms. The Morgan fingerprint density at radius 2 is 1.43 bits per heavy atom. The molecule has 0 unspecified atom stereocenters. The molecule has 1 nitrogen and oxygen atoms in total. The highest BCUT2D eigenvalue weighted by Crippen LogP contribution is 2.49. The van der Waals surface area contributed by atoms with Gasteiger partial charge >= 0.3 is 0 Å². The van der Waals surface area contributed by atoms with Crippen LogP contribution in [0.15, 0.2) is 54.6 Å². The third-order valence-corrected chi connectivity index (χ3v) is 7.67. The van der Waals surface area contributed by atoms with Crippen LogP contribution in [0.4, 0.5) is 0 Å². The smallest absolute Gasteiger partial charge is 0.0914 e. The van der Waals surface area contributed by atoms with Crippen molar-refractivity contribution in [2.75, 3.05) is 12.3 Å². The minimum Gasteiger partial charge on any atom is -0.323 e. The first-order valence-electron chi connectivity index (χ1n) is 7.63. The van der Waals surface area contributed by atoms with Crippen molar-refractivity contribution in [2.24, 2.45) is 0 Å². The molecule has 0 bridgehead atoms. The molecule has 0 N–H and O–H groups in total. The number of hydrogen-bond donors (Lipinski definition) is 0. The summed E-state index contributed by atoms with van der Waals surface area (Å²) in [6, 6.07) is 19.3. The van der Waals surface area contributed by atoms with Gasteiger partial charge in [0.2, 0.25) is 0 Å². The van der Waals surface area contributed by atoms with E-state index in [4.69, 9.17) is 0 Å². The molecule has 0 spiro atoms. The average molecular weight is 296 g/mol. The Morgan fingerprint density at radius 1 is 0.810 bits per heavy atom. The number of fused-ring (bicyclic) bond motifs is 2. The summed E-state index contributed by atoms with van der Waals surface area (Å²) in [6.45, 7) is 4.09. The highest BCUT2D eigenvalue weighted by Gasteiger charge is 2.18. The average Bonchev–Trinajstić information content (AvgIpc) is 2.53. The van der Waals surface area contributed by atoms with Crippen LogP contribution in [-0.2, 0) is 10.7 Å². The topological polar surface area (TPSA) is 17.1 Å². The van der Waals surface area contributed by atoms with Gasteiger partial charge in [0.15, 0.2) is 0 Å². The third-order valence-electron chi connectivity index (χ3n) is 4.45. The van der Waals surface area contributed by atoms with E-state index in [2.05, 4.69) is 54.6 Å². The van der Waals surface area contributed by atoms with Crippen molar-refractivity contribution >= 4 is 28.7 Å². The Bertz CT molecular complexity index is 827. The maximum absolute atomic E-state index is 12.8. The van der Waals surface area contributed by atoms with Crippen molar-refractivity contribution < 1.29 is 4.57 Å². The molecular weight excluding hydrogens is 275 g/mol. The van der Waals surface area contributed by atoms with Gasteiger partial charge in [-0.1, -0.05) is 56.3 Å². The fourth-order valence-electron chi connectivity index (χ4n) is 2.93. The van der Waals surface area contributed by atoms with Gasteiger partial charge < -0.3 is 4.57 Å². The molecule has 3 rings (SSSR count). The van der Waals surface area contributed by atoms with E-state index in [0.717, 1.165) is 18.5 Å². The summed E-state index contributed by atoms with van der Waals surface area (Å²) in [5.74, 6) is 0. The lowest BCUT2D eigenvalue weighted by atomic mass is 10.0. The molecule has 0 aliphatic heterocycles. The molecule has 0 radical (unpaired) electrons. The zero-order valence-corrected chi connectivity index (χ0v) is 13.6. The standard InChI is InChI=1S/C19H21OP/c1-3-21(20,4-2)14-18-11-7-10-17-12-15-8-5-6-9-16(15)13-19(17)18/h5-13H,3-4,14H2,1-2H3. The SMILES string of the molecule is CCP(=O)(CC)Cc1cccc2cc3ccccc3cc12. The van der Waals surface area contributed by atoms with Crippen molar-refractivity contribution in [1.82, 2.24) is 0 Å². The van der Waals surface area contributed by atoms with Crippen LogP contribution in [0.5, 0.6) is 0 Å². The van der Waals surface area contributed by atoms with Crippen LogP contribution in [0.25, 0.3) is 21.5 Å². The molecule has 0 heterocycles. The molecule has 3 aromatic rings. The van der Waals surface area contributed by atoms with Gasteiger partial charge in [-0.25, -0.2) is 0 Å². The summed E-state index contributed by atoms with van der Waals surface area (Å²) in [5.41, 5.74) is 1.23. The van der Waals surface area contributed by atoms with Gasteiger partial charge in [0.25, 0.3) is 0 Å². The van der Waals surface area contributed by atoms with Crippen molar-refractivity contribution in [3.63, 3.8) is 0 Å². The monoisotopic (exact) mass is 296 g/mol. The summed E-state index contributed by atoms with van der Waals surface area (Å²) < 4.78 is 12.8. The maximum Gasteiger partial charge on any atom is 0.0914 e. The minimum absolute atomic E-state index is 0.718. The van der Waals surface area contributed by atoms with Crippen molar-refractivity contribution in [1.29, 1.82) is 0 Å². The van der Waals surface area contributed by atoms with Crippen molar-refractivity contribution in [3.8, 4) is 0 Å². The lowest BCUT2D eigenvalue weighted by Gasteiger charge is -2.16. The molecular formula is C19H21OP. The van der Waals surface area contributed by atoms with E-state index >= 15 is 0 Å². The van der Waals surface area contributed by atoms with Gasteiger partial charge in [-0.15, -0.1) is 0 Å². The van der Waals surface area contributed by atoms with Crippen LogP contribution in [0.3, 0.4) is 0 Å². The van der Waals surface area contributed by atoms with Crippen molar-refractivity contribution in [3.05, 3.63) is 60.2 Å². The summed E-state index contributed by atoms with van der Waals surface area (Å²) >= 11 is 0. The largest absolute Gasteiger partial charge is 0.323 e. The molecule has 0 aliphatic carbocycles. The fraction of sp³-hybridized carbons (Fsp3) is 0.263. The fourth-order valence-corrected chi connectivity index (χ4v) is 4.72. The lowest BCUT2D eigenvalue weighted by Crippen LogP contribution is -1.95. The molecule has 3 aromatic carbocycles. The Hall–Kier alpha value is -1.59. The summed E-state index contributed by atoms with van der Waals surface area (Å²) in [7, 11) is -2.07. The second-order valence-electron chi connectivity index (χ2n) is 5.69. The van der Waals surface area contributed by atoms with Crippen LogP contribution in [-0.4, -0.2) is 12.3 Å². The molecule has 0 aliphatic rings. The third kappa shape index (κ3) is 2.76. The van der Waals surface area contributed by atoms with E-state index in [1.807, 2.05) is 13.8 Å². The molecule has 0 fully saturated rings. The molecule has 0 aromatic heterocycles. The van der Waals surface area contributed by atoms with E-state index in [1.54, 1.807) is 0 Å². The highest BCUT2D eigenvalue weighted by molar-refractivity contribution is 7.63. The van der Waals surface area contributed by atoms with Gasteiger partial charge in [0.05, 0.1) is 7.14 Å². The number of hydrogen-bond acceptors (Lipinski definition) is 1. The van der Waals surface area contributed by atoms with Gasteiger partial charge in [-0.05, 0) is 51.6 Å². The minimum atomic E-state index is -2.07. The predicted molar refractivity (Wildman–Crippen MR) is 93.8 cm³/mol. The van der Waals surface area contributed by atoms with Crippen LogP contribution < -0.4 is 0 Å². The second kappa shape index (κ2) is 5.66. The van der Waals surface area contributed by atoms with E-state index in [-0.39, 0.29) is 0 Å². The highest BCUT2D eigenvalue weighted by atomic mass is 31.2. The van der Waals surface area contributed by atoms with Gasteiger partial charge in [0, 0.05) is 6.16 Å². The first-order chi connectivity index (χ1) is 10.1. The van der Waals surface area contributed by atoms with Crippen LogP contribution in [0.1, 0.15) is 19.4 Å². The number of rotatable bonds is 4. The Morgan fingerprint density at radius 3 is 2.10 bits per heavy atom. The molecule has 108 valence electrons. The quantitative estimate of drug-likeness (QED) is 0.433.